The summed E-state index contributed by atoms with van der Waals surface area (Å²) >= 11 is 6.42. The number of morpholine rings is 1. The maximum Gasteiger partial charge on any atom is 0.262 e. The summed E-state index contributed by atoms with van der Waals surface area (Å²) in [4.78, 5) is 32.0. The van der Waals surface area contributed by atoms with Gasteiger partial charge in [0, 0.05) is 37.3 Å². The molecule has 4 heterocycles. The normalized spacial score (nSPS) is 23.4. The number of carbonyl (C=O) groups is 1. The molecule has 2 saturated heterocycles. The molecule has 214 valence electrons. The predicted octanol–water partition coefficient (Wildman–Crippen LogP) is 3.38. The number of likely N-dealkylation sites (tertiary alicyclic amines) is 1. The van der Waals surface area contributed by atoms with Gasteiger partial charge in [-0.15, -0.1) is 0 Å². The first-order chi connectivity index (χ1) is 19.3. The molecule has 1 atom stereocenters. The maximum atomic E-state index is 13.1. The van der Waals surface area contributed by atoms with Gasteiger partial charge in [0.05, 0.1) is 30.2 Å². The number of carbonyl (C=O) groups excluding carboxylic acids is 1. The number of ether oxygens (including phenoxy) is 1. The lowest BCUT2D eigenvalue weighted by molar-refractivity contribution is -0.141. The van der Waals surface area contributed by atoms with E-state index in [1.165, 1.54) is 23.7 Å². The van der Waals surface area contributed by atoms with E-state index in [2.05, 4.69) is 10.3 Å². The molecule has 1 aromatic carbocycles. The third kappa shape index (κ3) is 5.70. The quantitative estimate of drug-likeness (QED) is 0.490. The van der Waals surface area contributed by atoms with Crippen LogP contribution in [0.3, 0.4) is 0 Å². The Hall–Kier alpha value is -2.72. The Morgan fingerprint density at radius 2 is 1.90 bits per heavy atom. The Bertz CT molecular complexity index is 1420. The summed E-state index contributed by atoms with van der Waals surface area (Å²) in [6.07, 6.45) is 7.58. The molecule has 0 bridgehead atoms. The maximum absolute atomic E-state index is 13.1. The first-order valence-electron chi connectivity index (χ1n) is 14.4. The van der Waals surface area contributed by atoms with Crippen molar-refractivity contribution in [3.63, 3.8) is 0 Å². The van der Waals surface area contributed by atoms with Gasteiger partial charge in [0.25, 0.3) is 5.56 Å². The summed E-state index contributed by atoms with van der Waals surface area (Å²) < 4.78 is 8.73. The smallest absolute Gasteiger partial charge is 0.262 e. The lowest BCUT2D eigenvalue weighted by Crippen LogP contribution is -2.51. The largest absolute Gasteiger partial charge is 0.388 e. The lowest BCUT2D eigenvalue weighted by atomic mass is 9.90. The van der Waals surface area contributed by atoms with Crippen molar-refractivity contribution in [2.45, 2.75) is 63.7 Å². The van der Waals surface area contributed by atoms with Crippen LogP contribution in [0.1, 0.15) is 45.4 Å². The molecule has 2 N–H and O–H groups in total. The van der Waals surface area contributed by atoms with E-state index in [0.717, 1.165) is 44.1 Å². The average Bonchev–Trinajstić information content (AvgIpc) is 3.91. The number of aliphatic hydroxyl groups is 1. The molecule has 0 radical (unpaired) electrons. The number of fused-ring (bicyclic) bond motifs is 1. The van der Waals surface area contributed by atoms with Crippen LogP contribution in [-0.4, -0.2) is 74.5 Å². The van der Waals surface area contributed by atoms with Crippen molar-refractivity contribution in [1.82, 2.24) is 24.3 Å². The Morgan fingerprint density at radius 3 is 2.52 bits per heavy atom. The highest BCUT2D eigenvalue weighted by molar-refractivity contribution is 6.31. The van der Waals surface area contributed by atoms with Gasteiger partial charge in [-0.05, 0) is 62.6 Å². The van der Waals surface area contributed by atoms with Crippen molar-refractivity contribution in [3.8, 4) is 5.69 Å². The highest BCUT2D eigenvalue weighted by atomic mass is 35.5. The molecule has 40 heavy (non-hydrogen) atoms. The van der Waals surface area contributed by atoms with Crippen LogP contribution in [0.25, 0.3) is 16.7 Å². The van der Waals surface area contributed by atoms with Gasteiger partial charge in [-0.3, -0.25) is 18.7 Å². The molecule has 7 rings (SSSR count). The fourth-order valence-electron chi connectivity index (χ4n) is 5.76. The van der Waals surface area contributed by atoms with E-state index < -0.39 is 5.60 Å². The number of halogens is 1. The molecule has 10 heteroatoms. The monoisotopic (exact) mass is 567 g/mol. The summed E-state index contributed by atoms with van der Waals surface area (Å²) in [5.74, 6) is 1.09. The van der Waals surface area contributed by atoms with Crippen LogP contribution < -0.4 is 10.9 Å². The van der Waals surface area contributed by atoms with Crippen LogP contribution >= 0.6 is 11.6 Å². The number of para-hydroxylation sites is 1. The second-order valence-corrected chi connectivity index (χ2v) is 12.5. The summed E-state index contributed by atoms with van der Waals surface area (Å²) in [7, 11) is 0. The minimum absolute atomic E-state index is 0.141. The third-order valence-corrected chi connectivity index (χ3v) is 9.10. The zero-order valence-corrected chi connectivity index (χ0v) is 23.8. The van der Waals surface area contributed by atoms with E-state index >= 15 is 0 Å². The van der Waals surface area contributed by atoms with E-state index in [4.69, 9.17) is 16.3 Å². The second-order valence-electron chi connectivity index (χ2n) is 12.1. The molecule has 4 aliphatic rings. The minimum atomic E-state index is -1.05. The predicted molar refractivity (Wildman–Crippen MR) is 154 cm³/mol. The molecule has 9 nitrogen and oxygen atoms in total. The second kappa shape index (κ2) is 10.9. The van der Waals surface area contributed by atoms with E-state index in [1.807, 2.05) is 42.2 Å². The van der Waals surface area contributed by atoms with Crippen molar-refractivity contribution in [1.29, 1.82) is 0 Å². The van der Waals surface area contributed by atoms with Crippen molar-refractivity contribution >= 4 is 28.5 Å². The molecular weight excluding hydrogens is 530 g/mol. The minimum Gasteiger partial charge on any atom is -0.388 e. The molecular formula is C30H38ClN5O4. The summed E-state index contributed by atoms with van der Waals surface area (Å²) in [6, 6.07) is 11.1. The zero-order valence-electron chi connectivity index (χ0n) is 23.0. The molecule has 3 aromatic rings. The van der Waals surface area contributed by atoms with Gasteiger partial charge < -0.3 is 20.1 Å². The van der Waals surface area contributed by atoms with Crippen LogP contribution in [0.4, 0.5) is 0 Å². The Morgan fingerprint density at radius 1 is 1.18 bits per heavy atom. The van der Waals surface area contributed by atoms with Crippen LogP contribution in [0, 0.1) is 11.3 Å². The number of nitrogens with zero attached hydrogens (tertiary/aromatic N) is 4. The molecule has 1 amide bonds. The van der Waals surface area contributed by atoms with Crippen molar-refractivity contribution < 1.29 is 14.6 Å². The van der Waals surface area contributed by atoms with Crippen molar-refractivity contribution in [2.24, 2.45) is 11.3 Å². The number of hydrogen-bond donors (Lipinski definition) is 2. The van der Waals surface area contributed by atoms with Gasteiger partial charge in [0.2, 0.25) is 5.91 Å². The highest BCUT2D eigenvalue weighted by Gasteiger charge is 2.48. The topological polar surface area (TPSA) is 102 Å². The van der Waals surface area contributed by atoms with Crippen LogP contribution in [0.15, 0.2) is 47.5 Å². The van der Waals surface area contributed by atoms with Crippen molar-refractivity contribution in [2.75, 3.05) is 32.8 Å². The van der Waals surface area contributed by atoms with E-state index in [1.54, 1.807) is 10.6 Å². The average molecular weight is 568 g/mol. The molecule has 2 saturated carbocycles. The number of piperidine rings is 1. The molecule has 1 unspecified atom stereocenters. The fourth-order valence-corrected chi connectivity index (χ4v) is 6.05. The summed E-state index contributed by atoms with van der Waals surface area (Å²) in [5.41, 5.74) is -0.174. The van der Waals surface area contributed by atoms with E-state index in [0.29, 0.717) is 48.2 Å². The Balaban J connectivity index is 0.000000271. The van der Waals surface area contributed by atoms with Gasteiger partial charge in [0.1, 0.15) is 11.5 Å². The summed E-state index contributed by atoms with van der Waals surface area (Å²) in [5, 5.41) is 15.3. The molecule has 2 aromatic heterocycles. The SMILES string of the molecule is C1COC(C2CC2)CN1.CC1(C(=O)N2CCC(O)(Cn3cnc4c(cc(Cl)n4-c4ccccc4)c3=O)CC2)CC1. The van der Waals surface area contributed by atoms with Gasteiger partial charge in [0.15, 0.2) is 5.65 Å². The van der Waals surface area contributed by atoms with E-state index in [9.17, 15) is 14.7 Å². The van der Waals surface area contributed by atoms with Crippen LogP contribution in [0.5, 0.6) is 0 Å². The number of nitrogens with one attached hydrogen (secondary N) is 1. The molecule has 2 aliphatic carbocycles. The van der Waals surface area contributed by atoms with Gasteiger partial charge in [-0.25, -0.2) is 4.98 Å². The van der Waals surface area contributed by atoms with Gasteiger partial charge in [-0.2, -0.15) is 0 Å². The number of aromatic nitrogens is 3. The highest BCUT2D eigenvalue weighted by Crippen LogP contribution is 2.47. The standard InChI is InChI=1S/C23H25ClN4O3.C7H13NO/c1-22(7-8-22)21(30)26-11-9-23(31,10-12-26)14-27-15-25-19-17(20(27)29)13-18(24)28(19)16-5-3-2-4-6-16;1-2-6(1)7-5-8-3-4-9-7/h2-6,13,15,31H,7-12,14H2,1H3;6-8H,1-5H2. The third-order valence-electron chi connectivity index (χ3n) is 8.82. The zero-order chi connectivity index (χ0) is 27.9. The van der Waals surface area contributed by atoms with E-state index in [-0.39, 0.29) is 23.4 Å². The number of hydrogen-bond acceptors (Lipinski definition) is 6. The van der Waals surface area contributed by atoms with Gasteiger partial charge in [-0.1, -0.05) is 36.7 Å². The first kappa shape index (κ1) is 27.4. The lowest BCUT2D eigenvalue weighted by Gasteiger charge is -2.39. The van der Waals surface area contributed by atoms with Crippen LogP contribution in [0.2, 0.25) is 5.15 Å². The fraction of sp³-hybridized carbons (Fsp3) is 0.567. The molecule has 0 spiro atoms. The Labute approximate surface area is 239 Å². The Kier molecular flexibility index (Phi) is 7.50. The molecule has 2 aliphatic heterocycles. The number of rotatable bonds is 5. The number of amides is 1. The number of benzene rings is 1. The van der Waals surface area contributed by atoms with Crippen molar-refractivity contribution in [3.05, 3.63) is 58.2 Å². The van der Waals surface area contributed by atoms with Gasteiger partial charge >= 0.3 is 0 Å². The first-order valence-corrected chi connectivity index (χ1v) is 14.8. The van der Waals surface area contributed by atoms with Crippen LogP contribution in [-0.2, 0) is 16.1 Å². The molecule has 4 fully saturated rings. The summed E-state index contributed by atoms with van der Waals surface area (Å²) in [6.45, 7) is 6.21.